The monoisotopic (exact) mass is 411 g/mol. The molecule has 4 aromatic rings. The Balaban J connectivity index is 1.35. The molecule has 8 heteroatoms. The van der Waals surface area contributed by atoms with Crippen LogP contribution in [0.15, 0.2) is 47.0 Å². The minimum absolute atomic E-state index is 0.137. The number of nitrogens with zero attached hydrogens (tertiary/aromatic N) is 2. The molecule has 0 atom stereocenters. The van der Waals surface area contributed by atoms with E-state index in [4.69, 9.17) is 9.26 Å². The molecule has 0 radical (unpaired) electrons. The molecule has 2 heterocycles. The molecule has 1 N–H and O–H groups in total. The van der Waals surface area contributed by atoms with Gasteiger partial charge in [-0.3, -0.25) is 4.79 Å². The number of hydrogen-bond acceptors (Lipinski definition) is 6. The third kappa shape index (κ3) is 4.43. The van der Waals surface area contributed by atoms with Crippen LogP contribution in [0.1, 0.15) is 32.4 Å². The summed E-state index contributed by atoms with van der Waals surface area (Å²) in [4.78, 5) is 16.7. The third-order valence-corrected chi connectivity index (χ3v) is 5.34. The summed E-state index contributed by atoms with van der Waals surface area (Å²) in [7, 11) is 0. The molecule has 0 spiro atoms. The maximum Gasteiger partial charge on any atom is 0.273 e. The second kappa shape index (κ2) is 8.00. The molecule has 4 rings (SSSR count). The number of benzene rings is 2. The first-order chi connectivity index (χ1) is 14.0. The van der Waals surface area contributed by atoms with Crippen molar-refractivity contribution in [2.45, 2.75) is 27.0 Å². The van der Waals surface area contributed by atoms with Gasteiger partial charge in [0.25, 0.3) is 5.91 Å². The first-order valence-corrected chi connectivity index (χ1v) is 9.78. The van der Waals surface area contributed by atoms with Crippen LogP contribution < -0.4 is 10.1 Å². The molecule has 0 aliphatic carbocycles. The summed E-state index contributed by atoms with van der Waals surface area (Å²) in [6.45, 7) is 4.16. The van der Waals surface area contributed by atoms with E-state index in [-0.39, 0.29) is 24.7 Å². The van der Waals surface area contributed by atoms with Gasteiger partial charge in [-0.25, -0.2) is 9.37 Å². The zero-order valence-corrected chi connectivity index (χ0v) is 16.7. The van der Waals surface area contributed by atoms with Gasteiger partial charge in [0.15, 0.2) is 11.5 Å². The van der Waals surface area contributed by atoms with Gasteiger partial charge >= 0.3 is 0 Å². The summed E-state index contributed by atoms with van der Waals surface area (Å²) in [5.74, 6) is 0.341. The van der Waals surface area contributed by atoms with Crippen LogP contribution in [-0.4, -0.2) is 16.0 Å². The maximum absolute atomic E-state index is 13.4. The fraction of sp³-hybridized carbons (Fsp3) is 0.190. The number of carbonyl (C=O) groups excluding carboxylic acids is 1. The van der Waals surface area contributed by atoms with Crippen molar-refractivity contribution in [1.82, 2.24) is 15.5 Å². The lowest BCUT2D eigenvalue weighted by molar-refractivity contribution is 0.0941. The molecule has 1 amide bonds. The van der Waals surface area contributed by atoms with Crippen molar-refractivity contribution in [2.24, 2.45) is 0 Å². The number of fused-ring (bicyclic) bond motifs is 1. The number of aryl methyl sites for hydroxylation is 2. The second-order valence-electron chi connectivity index (χ2n) is 6.58. The minimum Gasteiger partial charge on any atom is -0.485 e. The average Bonchev–Trinajstić information content (AvgIpc) is 3.32. The van der Waals surface area contributed by atoms with Gasteiger partial charge in [-0.05, 0) is 49.2 Å². The van der Waals surface area contributed by atoms with Crippen molar-refractivity contribution in [3.8, 4) is 5.75 Å². The summed E-state index contributed by atoms with van der Waals surface area (Å²) in [5.41, 5.74) is 2.63. The van der Waals surface area contributed by atoms with Crippen LogP contribution in [0, 0.1) is 19.7 Å². The molecular weight excluding hydrogens is 393 g/mol. The van der Waals surface area contributed by atoms with E-state index in [0.717, 1.165) is 20.8 Å². The summed E-state index contributed by atoms with van der Waals surface area (Å²) in [6, 6.07) is 11.7. The van der Waals surface area contributed by atoms with Gasteiger partial charge in [-0.2, -0.15) is 0 Å². The average molecular weight is 411 g/mol. The molecule has 0 bridgehead atoms. The van der Waals surface area contributed by atoms with Crippen LogP contribution in [0.5, 0.6) is 5.75 Å². The van der Waals surface area contributed by atoms with Gasteiger partial charge in [-0.15, -0.1) is 11.3 Å². The number of ether oxygens (including phenoxy) is 1. The molecule has 0 saturated heterocycles. The lowest BCUT2D eigenvalue weighted by Crippen LogP contribution is -2.23. The molecule has 0 aliphatic heterocycles. The highest BCUT2D eigenvalue weighted by molar-refractivity contribution is 7.18. The number of thiazole rings is 1. The molecule has 2 aromatic heterocycles. The highest BCUT2D eigenvalue weighted by Crippen LogP contribution is 2.26. The number of hydrogen-bond donors (Lipinski definition) is 1. The van der Waals surface area contributed by atoms with E-state index in [2.05, 4.69) is 15.5 Å². The Morgan fingerprint density at radius 3 is 2.93 bits per heavy atom. The van der Waals surface area contributed by atoms with Crippen molar-refractivity contribution >= 4 is 27.5 Å². The van der Waals surface area contributed by atoms with Crippen molar-refractivity contribution in [3.63, 3.8) is 0 Å². The Morgan fingerprint density at radius 1 is 1.21 bits per heavy atom. The minimum atomic E-state index is -0.400. The van der Waals surface area contributed by atoms with Gasteiger partial charge in [0.05, 0.1) is 15.2 Å². The number of halogens is 1. The van der Waals surface area contributed by atoms with E-state index in [9.17, 15) is 9.18 Å². The predicted octanol–water partition coefficient (Wildman–Crippen LogP) is 4.55. The van der Waals surface area contributed by atoms with Crippen molar-refractivity contribution < 1.29 is 18.4 Å². The first kappa shape index (κ1) is 19.1. The van der Waals surface area contributed by atoms with E-state index in [1.807, 2.05) is 32.0 Å². The smallest absolute Gasteiger partial charge is 0.273 e. The largest absolute Gasteiger partial charge is 0.485 e. The van der Waals surface area contributed by atoms with E-state index in [1.54, 1.807) is 17.4 Å². The molecule has 0 aliphatic rings. The predicted molar refractivity (Wildman–Crippen MR) is 107 cm³/mol. The van der Waals surface area contributed by atoms with Crippen LogP contribution in [0.2, 0.25) is 0 Å². The van der Waals surface area contributed by atoms with Crippen LogP contribution in [0.4, 0.5) is 4.39 Å². The molecular formula is C21H18FN3O3S. The summed E-state index contributed by atoms with van der Waals surface area (Å²) in [6.07, 6.45) is 0. The van der Waals surface area contributed by atoms with Gasteiger partial charge in [-0.1, -0.05) is 11.2 Å². The Morgan fingerprint density at radius 2 is 2.07 bits per heavy atom. The highest BCUT2D eigenvalue weighted by Gasteiger charge is 2.14. The Bertz CT molecular complexity index is 1190. The number of carbonyl (C=O) groups is 1. The fourth-order valence-electron chi connectivity index (χ4n) is 2.85. The standard InChI is InChI=1S/C21H18FN3O3S/c1-12-3-4-15(22)7-14(12)10-23-21(26)19-9-17(28-25-19)11-27-16-5-6-20-18(8-16)24-13(2)29-20/h3-9H,10-11H2,1-2H3,(H,23,26). The lowest BCUT2D eigenvalue weighted by Gasteiger charge is -2.06. The van der Waals surface area contributed by atoms with Gasteiger partial charge in [0.2, 0.25) is 0 Å². The van der Waals surface area contributed by atoms with Crippen molar-refractivity contribution in [3.05, 3.63) is 75.9 Å². The number of nitrogens with one attached hydrogen (secondary N) is 1. The summed E-state index contributed by atoms with van der Waals surface area (Å²) < 4.78 is 25.4. The van der Waals surface area contributed by atoms with Crippen LogP contribution in [0.3, 0.4) is 0 Å². The van der Waals surface area contributed by atoms with E-state index < -0.39 is 5.91 Å². The molecule has 0 fully saturated rings. The van der Waals surface area contributed by atoms with Crippen LogP contribution in [0.25, 0.3) is 10.2 Å². The van der Waals surface area contributed by atoms with Crippen molar-refractivity contribution in [2.75, 3.05) is 0 Å². The number of amides is 1. The third-order valence-electron chi connectivity index (χ3n) is 4.39. The van der Waals surface area contributed by atoms with Gasteiger partial charge in [0, 0.05) is 18.7 Å². The lowest BCUT2D eigenvalue weighted by atomic mass is 10.1. The number of aromatic nitrogens is 2. The number of rotatable bonds is 6. The first-order valence-electron chi connectivity index (χ1n) is 8.97. The maximum atomic E-state index is 13.4. The molecule has 0 unspecified atom stereocenters. The van der Waals surface area contributed by atoms with Crippen LogP contribution >= 0.6 is 11.3 Å². The van der Waals surface area contributed by atoms with Gasteiger partial charge < -0.3 is 14.6 Å². The normalized spacial score (nSPS) is 11.0. The highest BCUT2D eigenvalue weighted by atomic mass is 32.1. The van der Waals surface area contributed by atoms with Crippen LogP contribution in [-0.2, 0) is 13.2 Å². The Kier molecular flexibility index (Phi) is 5.26. The Labute approximate surface area is 170 Å². The molecule has 29 heavy (non-hydrogen) atoms. The molecule has 6 nitrogen and oxygen atoms in total. The Hall–Kier alpha value is -3.26. The van der Waals surface area contributed by atoms with E-state index in [1.165, 1.54) is 18.2 Å². The molecule has 0 saturated carbocycles. The topological polar surface area (TPSA) is 77.2 Å². The molecule has 2 aromatic carbocycles. The van der Waals surface area contributed by atoms with E-state index >= 15 is 0 Å². The molecule has 148 valence electrons. The summed E-state index contributed by atoms with van der Waals surface area (Å²) >= 11 is 1.63. The summed E-state index contributed by atoms with van der Waals surface area (Å²) in [5, 5.41) is 7.50. The van der Waals surface area contributed by atoms with Gasteiger partial charge in [0.1, 0.15) is 18.2 Å². The quantitative estimate of drug-likeness (QED) is 0.504. The SMILES string of the molecule is Cc1nc2cc(OCc3cc(C(=O)NCc4cc(F)ccc4C)no3)ccc2s1. The van der Waals surface area contributed by atoms with Crippen molar-refractivity contribution in [1.29, 1.82) is 0 Å². The zero-order chi connectivity index (χ0) is 20.4. The fourth-order valence-corrected chi connectivity index (χ4v) is 3.66. The zero-order valence-electron chi connectivity index (χ0n) is 15.9. The van der Waals surface area contributed by atoms with E-state index in [0.29, 0.717) is 17.1 Å². The second-order valence-corrected chi connectivity index (χ2v) is 7.82.